The lowest BCUT2D eigenvalue weighted by Gasteiger charge is -2.40. The van der Waals surface area contributed by atoms with Gasteiger partial charge in [0, 0.05) is 51.9 Å². The van der Waals surface area contributed by atoms with Gasteiger partial charge in [0.15, 0.2) is 11.6 Å². The van der Waals surface area contributed by atoms with E-state index in [1.54, 1.807) is 6.26 Å². The number of aromatic nitrogens is 3. The monoisotopic (exact) mass is 408 g/mol. The molecule has 0 amide bonds. The first-order valence-electron chi connectivity index (χ1n) is 10.7. The van der Waals surface area contributed by atoms with Crippen LogP contribution in [0.25, 0.3) is 11.0 Å². The van der Waals surface area contributed by atoms with Crippen LogP contribution in [0.5, 0.6) is 0 Å². The lowest BCUT2D eigenvalue weighted by Crippen LogP contribution is -2.49. The minimum Gasteiger partial charge on any atom is -0.372 e. The van der Waals surface area contributed by atoms with Crippen LogP contribution in [0.3, 0.4) is 0 Å². The molecule has 0 spiro atoms. The SMILES string of the molecule is CC1CN(c2nc3ccccc3nc2N2CCN(Cc3ccon3)CC2)CC(C)O1. The van der Waals surface area contributed by atoms with E-state index in [-0.39, 0.29) is 12.2 Å². The summed E-state index contributed by atoms with van der Waals surface area (Å²) in [5.41, 5.74) is 2.86. The van der Waals surface area contributed by atoms with E-state index < -0.39 is 0 Å². The quantitative estimate of drug-likeness (QED) is 0.652. The highest BCUT2D eigenvalue weighted by Gasteiger charge is 2.29. The van der Waals surface area contributed by atoms with Crippen molar-refractivity contribution in [2.45, 2.75) is 32.6 Å². The summed E-state index contributed by atoms with van der Waals surface area (Å²) in [6, 6.07) is 10.1. The van der Waals surface area contributed by atoms with Crippen LogP contribution in [0.2, 0.25) is 0 Å². The Morgan fingerprint density at radius 3 is 2.10 bits per heavy atom. The standard InChI is InChI=1S/C22H28N6O2/c1-16-13-28(14-17(2)30-16)22-21(23-19-5-3-4-6-20(19)24-22)27-10-8-26(9-11-27)15-18-7-12-29-25-18/h3-7,12,16-17H,8-11,13-15H2,1-2H3. The Morgan fingerprint density at radius 2 is 1.50 bits per heavy atom. The zero-order valence-electron chi connectivity index (χ0n) is 17.6. The van der Waals surface area contributed by atoms with Crippen LogP contribution < -0.4 is 9.80 Å². The number of morpholine rings is 1. The fourth-order valence-corrected chi connectivity index (χ4v) is 4.42. The van der Waals surface area contributed by atoms with Crippen molar-refractivity contribution in [3.63, 3.8) is 0 Å². The van der Waals surface area contributed by atoms with Crippen LogP contribution in [0.15, 0.2) is 41.1 Å². The molecule has 2 aromatic heterocycles. The second-order valence-electron chi connectivity index (χ2n) is 8.28. The molecule has 5 rings (SSSR count). The number of anilines is 2. The molecule has 30 heavy (non-hydrogen) atoms. The molecular formula is C22H28N6O2. The Balaban J connectivity index is 1.41. The molecular weight excluding hydrogens is 380 g/mol. The van der Waals surface area contributed by atoms with E-state index in [1.807, 2.05) is 30.3 Å². The molecule has 1 aromatic carbocycles. The topological polar surface area (TPSA) is 70.8 Å². The summed E-state index contributed by atoms with van der Waals surface area (Å²) < 4.78 is 10.9. The van der Waals surface area contributed by atoms with Crippen LogP contribution in [0.1, 0.15) is 19.5 Å². The Hall–Kier alpha value is -2.71. The molecule has 0 saturated carbocycles. The van der Waals surface area contributed by atoms with Crippen molar-refractivity contribution in [2.24, 2.45) is 0 Å². The van der Waals surface area contributed by atoms with Crippen molar-refractivity contribution < 1.29 is 9.26 Å². The van der Waals surface area contributed by atoms with E-state index in [0.29, 0.717) is 0 Å². The second-order valence-corrected chi connectivity index (χ2v) is 8.28. The normalized spacial score (nSPS) is 23.3. The third-order valence-corrected chi connectivity index (χ3v) is 5.80. The van der Waals surface area contributed by atoms with E-state index in [4.69, 9.17) is 19.2 Å². The fourth-order valence-electron chi connectivity index (χ4n) is 4.42. The van der Waals surface area contributed by atoms with Gasteiger partial charge in [-0.05, 0) is 26.0 Å². The molecule has 2 saturated heterocycles. The summed E-state index contributed by atoms with van der Waals surface area (Å²) in [5, 5.41) is 4.04. The van der Waals surface area contributed by atoms with Crippen LogP contribution in [-0.2, 0) is 11.3 Å². The van der Waals surface area contributed by atoms with Gasteiger partial charge in [0.05, 0.1) is 28.9 Å². The van der Waals surface area contributed by atoms with Gasteiger partial charge in [-0.2, -0.15) is 0 Å². The van der Waals surface area contributed by atoms with Crippen LogP contribution in [0, 0.1) is 0 Å². The first-order valence-corrected chi connectivity index (χ1v) is 10.7. The number of rotatable bonds is 4. The molecule has 8 heteroatoms. The van der Waals surface area contributed by atoms with Gasteiger partial charge < -0.3 is 19.1 Å². The summed E-state index contributed by atoms with van der Waals surface area (Å²) in [6.45, 7) is 10.5. The predicted molar refractivity (Wildman–Crippen MR) is 116 cm³/mol. The number of ether oxygens (including phenoxy) is 1. The maximum atomic E-state index is 5.95. The Morgan fingerprint density at radius 1 is 0.867 bits per heavy atom. The van der Waals surface area contributed by atoms with Gasteiger partial charge >= 0.3 is 0 Å². The van der Waals surface area contributed by atoms with E-state index in [0.717, 1.165) is 74.2 Å². The number of hydrogen-bond donors (Lipinski definition) is 0. The highest BCUT2D eigenvalue weighted by molar-refractivity contribution is 5.81. The minimum atomic E-state index is 0.175. The molecule has 0 N–H and O–H groups in total. The van der Waals surface area contributed by atoms with Crippen molar-refractivity contribution in [1.29, 1.82) is 0 Å². The van der Waals surface area contributed by atoms with E-state index in [1.165, 1.54) is 0 Å². The predicted octanol–water partition coefficient (Wildman–Crippen LogP) is 2.55. The van der Waals surface area contributed by atoms with Crippen molar-refractivity contribution >= 4 is 22.7 Å². The van der Waals surface area contributed by atoms with Gasteiger partial charge in [-0.3, -0.25) is 4.90 Å². The van der Waals surface area contributed by atoms with Crippen molar-refractivity contribution in [3.05, 3.63) is 42.3 Å². The molecule has 2 aliphatic rings. The molecule has 8 nitrogen and oxygen atoms in total. The number of piperazine rings is 1. The summed E-state index contributed by atoms with van der Waals surface area (Å²) in [7, 11) is 0. The first kappa shape index (κ1) is 19.3. The molecule has 4 heterocycles. The van der Waals surface area contributed by atoms with E-state index in [2.05, 4.69) is 33.7 Å². The lowest BCUT2D eigenvalue weighted by atomic mass is 10.2. The van der Waals surface area contributed by atoms with Crippen LogP contribution >= 0.6 is 0 Å². The zero-order chi connectivity index (χ0) is 20.5. The maximum absolute atomic E-state index is 5.95. The molecule has 0 aliphatic carbocycles. The van der Waals surface area contributed by atoms with Crippen molar-refractivity contribution in [3.8, 4) is 0 Å². The summed E-state index contributed by atoms with van der Waals surface area (Å²) >= 11 is 0. The molecule has 2 aliphatic heterocycles. The lowest BCUT2D eigenvalue weighted by molar-refractivity contribution is -0.00543. The van der Waals surface area contributed by atoms with Crippen LogP contribution in [0.4, 0.5) is 11.6 Å². The molecule has 2 fully saturated rings. The van der Waals surface area contributed by atoms with Gasteiger partial charge in [-0.15, -0.1) is 0 Å². The molecule has 0 bridgehead atoms. The third-order valence-electron chi connectivity index (χ3n) is 5.80. The average molecular weight is 409 g/mol. The highest BCUT2D eigenvalue weighted by Crippen LogP contribution is 2.31. The largest absolute Gasteiger partial charge is 0.372 e. The van der Waals surface area contributed by atoms with E-state index >= 15 is 0 Å². The highest BCUT2D eigenvalue weighted by atomic mass is 16.5. The Kier molecular flexibility index (Phi) is 5.26. The molecule has 2 unspecified atom stereocenters. The number of nitrogens with zero attached hydrogens (tertiary/aromatic N) is 6. The van der Waals surface area contributed by atoms with Crippen LogP contribution in [-0.4, -0.2) is 71.5 Å². The number of para-hydroxylation sites is 2. The van der Waals surface area contributed by atoms with E-state index in [9.17, 15) is 0 Å². The summed E-state index contributed by atoms with van der Waals surface area (Å²) in [5.74, 6) is 1.96. The first-order chi connectivity index (χ1) is 14.7. The number of fused-ring (bicyclic) bond motifs is 1. The van der Waals surface area contributed by atoms with Gasteiger partial charge in [0.1, 0.15) is 6.26 Å². The smallest absolute Gasteiger partial charge is 0.172 e. The molecule has 2 atom stereocenters. The maximum Gasteiger partial charge on any atom is 0.172 e. The second kappa shape index (κ2) is 8.20. The Labute approximate surface area is 176 Å². The van der Waals surface area contributed by atoms with Crippen molar-refractivity contribution in [1.82, 2.24) is 20.0 Å². The van der Waals surface area contributed by atoms with Gasteiger partial charge in [0.25, 0.3) is 0 Å². The number of hydrogen-bond acceptors (Lipinski definition) is 8. The molecule has 3 aromatic rings. The third kappa shape index (κ3) is 3.97. The summed E-state index contributed by atoms with van der Waals surface area (Å²) in [4.78, 5) is 17.2. The minimum absolute atomic E-state index is 0.175. The molecule has 158 valence electrons. The van der Waals surface area contributed by atoms with Gasteiger partial charge in [-0.1, -0.05) is 17.3 Å². The zero-order valence-corrected chi connectivity index (χ0v) is 17.6. The van der Waals surface area contributed by atoms with Gasteiger partial charge in [-0.25, -0.2) is 9.97 Å². The Bertz CT molecular complexity index is 976. The van der Waals surface area contributed by atoms with Gasteiger partial charge in [0.2, 0.25) is 0 Å². The molecule has 0 radical (unpaired) electrons. The average Bonchev–Trinajstić information content (AvgIpc) is 3.26. The van der Waals surface area contributed by atoms with Crippen molar-refractivity contribution in [2.75, 3.05) is 49.1 Å². The fraction of sp³-hybridized carbons (Fsp3) is 0.500. The summed E-state index contributed by atoms with van der Waals surface area (Å²) in [6.07, 6.45) is 1.98. The number of benzene rings is 1.